The van der Waals surface area contributed by atoms with Crippen LogP contribution < -0.4 is 0 Å². The molecule has 2 rings (SSSR count). The molecule has 8 heteroatoms. The summed E-state index contributed by atoms with van der Waals surface area (Å²) in [5, 5.41) is 0. The number of hydrogen-bond acceptors (Lipinski definition) is 5. The minimum Gasteiger partial charge on any atom is -0.456 e. The Hall–Kier alpha value is -1.18. The summed E-state index contributed by atoms with van der Waals surface area (Å²) in [6, 6.07) is 2.69. The highest BCUT2D eigenvalue weighted by Gasteiger charge is 2.24. The Kier molecular flexibility index (Phi) is 4.07. The number of rotatable bonds is 3. The lowest BCUT2D eigenvalue weighted by Crippen LogP contribution is -2.19. The molecular formula is C11H10ClFO5S. The Balaban J connectivity index is 2.25. The van der Waals surface area contributed by atoms with E-state index >= 15 is 0 Å². The van der Waals surface area contributed by atoms with Crippen LogP contribution >= 0.6 is 10.7 Å². The maximum atomic E-state index is 13.5. The highest BCUT2D eigenvalue weighted by molar-refractivity contribution is 8.13. The molecule has 5 nitrogen and oxygen atoms in total. The molecule has 1 atom stereocenters. The third-order valence-electron chi connectivity index (χ3n) is 2.60. The average Bonchev–Trinajstić information content (AvgIpc) is 2.80. The van der Waals surface area contributed by atoms with E-state index in [0.717, 1.165) is 18.2 Å². The fourth-order valence-corrected chi connectivity index (χ4v) is 2.41. The highest BCUT2D eigenvalue weighted by atomic mass is 35.7. The summed E-state index contributed by atoms with van der Waals surface area (Å²) in [4.78, 5) is 11.4. The Morgan fingerprint density at radius 3 is 2.79 bits per heavy atom. The van der Waals surface area contributed by atoms with E-state index in [4.69, 9.17) is 20.2 Å². The Morgan fingerprint density at radius 1 is 1.47 bits per heavy atom. The first-order valence-electron chi connectivity index (χ1n) is 5.41. The normalized spacial score (nSPS) is 19.4. The van der Waals surface area contributed by atoms with E-state index in [-0.39, 0.29) is 11.5 Å². The van der Waals surface area contributed by atoms with Crippen molar-refractivity contribution in [1.29, 1.82) is 0 Å². The molecule has 0 saturated carbocycles. The number of hydrogen-bond donors (Lipinski definition) is 0. The van der Waals surface area contributed by atoms with Crippen molar-refractivity contribution in [2.75, 3.05) is 13.2 Å². The van der Waals surface area contributed by atoms with Crippen molar-refractivity contribution in [2.24, 2.45) is 0 Å². The minimum atomic E-state index is -4.03. The monoisotopic (exact) mass is 308 g/mol. The van der Waals surface area contributed by atoms with Crippen molar-refractivity contribution < 1.29 is 27.1 Å². The van der Waals surface area contributed by atoms with Crippen LogP contribution in [0.1, 0.15) is 16.8 Å². The van der Waals surface area contributed by atoms with Crippen LogP contribution in [0, 0.1) is 5.82 Å². The van der Waals surface area contributed by atoms with Gasteiger partial charge < -0.3 is 9.47 Å². The van der Waals surface area contributed by atoms with Gasteiger partial charge in [0.05, 0.1) is 23.7 Å². The van der Waals surface area contributed by atoms with Crippen molar-refractivity contribution in [3.8, 4) is 0 Å². The number of halogens is 2. The summed E-state index contributed by atoms with van der Waals surface area (Å²) in [5.41, 5.74) is -0.464. The quantitative estimate of drug-likeness (QED) is 0.628. The van der Waals surface area contributed by atoms with Gasteiger partial charge in [0.2, 0.25) is 0 Å². The molecule has 0 aliphatic carbocycles. The van der Waals surface area contributed by atoms with Gasteiger partial charge in [-0.15, -0.1) is 0 Å². The second-order valence-electron chi connectivity index (χ2n) is 3.97. The number of carbonyl (C=O) groups excluding carboxylic acids is 1. The SMILES string of the molecule is O=C(OC1CCOC1)c1cc(S(=O)(=O)Cl)ccc1F. The molecule has 1 aromatic rings. The van der Waals surface area contributed by atoms with Crippen molar-refractivity contribution in [2.45, 2.75) is 17.4 Å². The molecule has 1 aromatic carbocycles. The van der Waals surface area contributed by atoms with Gasteiger partial charge in [-0.05, 0) is 18.2 Å². The van der Waals surface area contributed by atoms with Crippen LogP contribution in [0.4, 0.5) is 4.39 Å². The van der Waals surface area contributed by atoms with Gasteiger partial charge in [-0.2, -0.15) is 0 Å². The van der Waals surface area contributed by atoms with E-state index in [1.807, 2.05) is 0 Å². The summed E-state index contributed by atoms with van der Waals surface area (Å²) in [7, 11) is 1.11. The zero-order chi connectivity index (χ0) is 14.0. The van der Waals surface area contributed by atoms with Gasteiger partial charge in [0, 0.05) is 17.1 Å². The number of benzene rings is 1. The third-order valence-corrected chi connectivity index (χ3v) is 3.95. The molecule has 104 valence electrons. The lowest BCUT2D eigenvalue weighted by Gasteiger charge is -2.10. The summed E-state index contributed by atoms with van der Waals surface area (Å²) in [6.45, 7) is 0.720. The second kappa shape index (κ2) is 5.44. The predicted molar refractivity (Wildman–Crippen MR) is 64.1 cm³/mol. The van der Waals surface area contributed by atoms with Gasteiger partial charge in [0.1, 0.15) is 11.9 Å². The van der Waals surface area contributed by atoms with Crippen LogP contribution in [0.5, 0.6) is 0 Å². The zero-order valence-corrected chi connectivity index (χ0v) is 11.2. The smallest absolute Gasteiger partial charge is 0.341 e. The lowest BCUT2D eigenvalue weighted by molar-refractivity contribution is 0.0265. The van der Waals surface area contributed by atoms with Crippen molar-refractivity contribution in [3.05, 3.63) is 29.6 Å². The first kappa shape index (κ1) is 14.2. The number of carbonyl (C=O) groups is 1. The van der Waals surface area contributed by atoms with Crippen LogP contribution in [0.3, 0.4) is 0 Å². The van der Waals surface area contributed by atoms with Crippen LogP contribution in [0.25, 0.3) is 0 Å². The summed E-state index contributed by atoms with van der Waals surface area (Å²) in [5.74, 6) is -1.80. The lowest BCUT2D eigenvalue weighted by atomic mass is 10.2. The molecule has 0 amide bonds. The van der Waals surface area contributed by atoms with Crippen molar-refractivity contribution >= 4 is 25.7 Å². The first-order chi connectivity index (χ1) is 8.88. The highest BCUT2D eigenvalue weighted by Crippen LogP contribution is 2.20. The van der Waals surface area contributed by atoms with Gasteiger partial charge >= 0.3 is 5.97 Å². The molecule has 1 fully saturated rings. The fraction of sp³-hybridized carbons (Fsp3) is 0.364. The van der Waals surface area contributed by atoms with Crippen molar-refractivity contribution in [3.63, 3.8) is 0 Å². The molecular weight excluding hydrogens is 299 g/mol. The van der Waals surface area contributed by atoms with Crippen LogP contribution in [-0.4, -0.2) is 33.7 Å². The van der Waals surface area contributed by atoms with Gasteiger partial charge in [-0.25, -0.2) is 17.6 Å². The third kappa shape index (κ3) is 3.43. The maximum absolute atomic E-state index is 13.5. The molecule has 0 N–H and O–H groups in total. The molecule has 1 saturated heterocycles. The summed E-state index contributed by atoms with van der Waals surface area (Å²) >= 11 is 0. The topological polar surface area (TPSA) is 69.7 Å². The zero-order valence-electron chi connectivity index (χ0n) is 9.64. The van der Waals surface area contributed by atoms with Crippen molar-refractivity contribution in [1.82, 2.24) is 0 Å². The van der Waals surface area contributed by atoms with Crippen LogP contribution in [0.2, 0.25) is 0 Å². The fourth-order valence-electron chi connectivity index (χ4n) is 1.63. The average molecular weight is 309 g/mol. The Labute approximate surface area is 113 Å². The number of ether oxygens (including phenoxy) is 2. The van der Waals surface area contributed by atoms with E-state index in [1.54, 1.807) is 0 Å². The van der Waals surface area contributed by atoms with E-state index in [9.17, 15) is 17.6 Å². The molecule has 1 aliphatic heterocycles. The summed E-state index contributed by atoms with van der Waals surface area (Å²) in [6.07, 6.45) is 0.0871. The second-order valence-corrected chi connectivity index (χ2v) is 6.54. The maximum Gasteiger partial charge on any atom is 0.341 e. The molecule has 0 aromatic heterocycles. The Morgan fingerprint density at radius 2 is 2.21 bits per heavy atom. The molecule has 1 unspecified atom stereocenters. The first-order valence-corrected chi connectivity index (χ1v) is 7.72. The Bertz CT molecular complexity index is 595. The van der Waals surface area contributed by atoms with Crippen LogP contribution in [-0.2, 0) is 18.5 Å². The molecule has 1 heterocycles. The van der Waals surface area contributed by atoms with E-state index in [0.29, 0.717) is 13.0 Å². The van der Waals surface area contributed by atoms with E-state index in [2.05, 4.69) is 0 Å². The number of esters is 1. The molecule has 0 spiro atoms. The standard InChI is InChI=1S/C11H10ClFO5S/c12-19(15,16)8-1-2-10(13)9(5-8)11(14)18-7-3-4-17-6-7/h1-2,5,7H,3-4,6H2. The van der Waals surface area contributed by atoms with Gasteiger partial charge in [0.15, 0.2) is 0 Å². The summed E-state index contributed by atoms with van der Waals surface area (Å²) < 4.78 is 45.8. The molecule has 0 bridgehead atoms. The van der Waals surface area contributed by atoms with E-state index in [1.165, 1.54) is 0 Å². The van der Waals surface area contributed by atoms with Crippen LogP contribution in [0.15, 0.2) is 23.1 Å². The van der Waals surface area contributed by atoms with Gasteiger partial charge in [-0.1, -0.05) is 0 Å². The largest absolute Gasteiger partial charge is 0.456 e. The predicted octanol–water partition coefficient (Wildman–Crippen LogP) is 1.70. The molecule has 1 aliphatic rings. The van der Waals surface area contributed by atoms with Gasteiger partial charge in [0.25, 0.3) is 9.05 Å². The van der Waals surface area contributed by atoms with E-state index < -0.39 is 32.5 Å². The van der Waals surface area contributed by atoms with Gasteiger partial charge in [-0.3, -0.25) is 0 Å². The molecule has 0 radical (unpaired) electrons. The molecule has 19 heavy (non-hydrogen) atoms. The minimum absolute atomic E-state index is 0.251.